The number of aliphatic hydroxyl groups excluding tert-OH is 1. The van der Waals surface area contributed by atoms with Crippen LogP contribution in [0.4, 0.5) is 0 Å². The van der Waals surface area contributed by atoms with Crippen LogP contribution in [0, 0.1) is 0 Å². The van der Waals surface area contributed by atoms with E-state index in [1.165, 1.54) is 17.9 Å². The molecule has 1 saturated heterocycles. The average Bonchev–Trinajstić information content (AvgIpc) is 2.52. The Labute approximate surface area is 72.8 Å². The Hall–Kier alpha value is 0.270. The van der Waals surface area contributed by atoms with Gasteiger partial charge in [0.25, 0.3) is 0 Å². The first-order chi connectivity index (χ1) is 5.36. The van der Waals surface area contributed by atoms with Crippen molar-refractivity contribution >= 4 is 11.8 Å². The lowest BCUT2D eigenvalue weighted by Gasteiger charge is -2.18. The number of aliphatic hydroxyl groups is 1. The minimum Gasteiger partial charge on any atom is -0.395 e. The maximum atomic E-state index is 8.92. The molecule has 0 aromatic rings. The molecule has 0 spiro atoms. The zero-order valence-corrected chi connectivity index (χ0v) is 7.86. The molecule has 0 aromatic carbocycles. The van der Waals surface area contributed by atoms with Gasteiger partial charge in [-0.05, 0) is 18.6 Å². The van der Waals surface area contributed by atoms with Gasteiger partial charge in [-0.25, -0.2) is 0 Å². The second-order valence-electron chi connectivity index (χ2n) is 3.01. The minimum atomic E-state index is 0.275. The molecule has 2 atom stereocenters. The molecule has 0 radical (unpaired) electrons. The van der Waals surface area contributed by atoms with Gasteiger partial charge in [-0.15, -0.1) is 0 Å². The molecule has 0 aromatic heterocycles. The van der Waals surface area contributed by atoms with Crippen molar-refractivity contribution in [1.82, 2.24) is 5.32 Å². The highest BCUT2D eigenvalue weighted by molar-refractivity contribution is 7.99. The van der Waals surface area contributed by atoms with Crippen LogP contribution in [-0.4, -0.2) is 35.3 Å². The zero-order valence-electron chi connectivity index (χ0n) is 7.05. The van der Waals surface area contributed by atoms with E-state index in [1.807, 2.05) is 11.8 Å². The van der Waals surface area contributed by atoms with E-state index in [9.17, 15) is 0 Å². The van der Waals surface area contributed by atoms with Crippen LogP contribution in [0.3, 0.4) is 0 Å². The highest BCUT2D eigenvalue weighted by Crippen LogP contribution is 2.17. The van der Waals surface area contributed by atoms with Gasteiger partial charge in [0.15, 0.2) is 0 Å². The Balaban J connectivity index is 2.16. The molecule has 1 fully saturated rings. The summed E-state index contributed by atoms with van der Waals surface area (Å²) in [6.45, 7) is 2.38. The molecule has 0 unspecified atom stereocenters. The summed E-state index contributed by atoms with van der Waals surface area (Å²) in [6.07, 6.45) is 2.29. The van der Waals surface area contributed by atoms with Gasteiger partial charge in [-0.3, -0.25) is 0 Å². The molecule has 0 amide bonds. The van der Waals surface area contributed by atoms with Gasteiger partial charge < -0.3 is 10.4 Å². The Bertz CT molecular complexity index is 100. The van der Waals surface area contributed by atoms with E-state index < -0.39 is 0 Å². The summed E-state index contributed by atoms with van der Waals surface area (Å²) in [7, 11) is 0. The molecule has 0 aliphatic carbocycles. The van der Waals surface area contributed by atoms with Crippen molar-refractivity contribution in [3.05, 3.63) is 0 Å². The molecule has 1 heterocycles. The monoisotopic (exact) mass is 175 g/mol. The normalized spacial score (nSPS) is 27.3. The SMILES string of the molecule is CC[C@@H](CO)N[C@H]1CCSC1. The van der Waals surface area contributed by atoms with Crippen molar-refractivity contribution in [1.29, 1.82) is 0 Å². The zero-order chi connectivity index (χ0) is 8.10. The van der Waals surface area contributed by atoms with Crippen LogP contribution >= 0.6 is 11.8 Å². The summed E-state index contributed by atoms with van der Waals surface area (Å²) in [5.74, 6) is 2.50. The molecule has 0 saturated carbocycles. The van der Waals surface area contributed by atoms with Gasteiger partial charge >= 0.3 is 0 Å². The van der Waals surface area contributed by atoms with Gasteiger partial charge in [0.1, 0.15) is 0 Å². The van der Waals surface area contributed by atoms with Gasteiger partial charge in [-0.2, -0.15) is 11.8 Å². The summed E-state index contributed by atoms with van der Waals surface area (Å²) in [4.78, 5) is 0. The van der Waals surface area contributed by atoms with Crippen molar-refractivity contribution < 1.29 is 5.11 Å². The molecule has 1 aliphatic rings. The molecule has 0 bridgehead atoms. The molecule has 66 valence electrons. The third-order valence-electron chi connectivity index (χ3n) is 2.11. The molecule has 1 aliphatic heterocycles. The predicted molar refractivity (Wildman–Crippen MR) is 50.0 cm³/mol. The molecule has 1 rings (SSSR count). The van der Waals surface area contributed by atoms with Crippen molar-refractivity contribution in [3.8, 4) is 0 Å². The van der Waals surface area contributed by atoms with Crippen LogP contribution in [-0.2, 0) is 0 Å². The van der Waals surface area contributed by atoms with Crippen LogP contribution in [0.2, 0.25) is 0 Å². The van der Waals surface area contributed by atoms with Crippen LogP contribution in [0.25, 0.3) is 0 Å². The standard InChI is InChI=1S/C8H17NOS/c1-2-7(5-10)9-8-3-4-11-6-8/h7-10H,2-6H2,1H3/t7-,8-/m0/s1. The Morgan fingerprint density at radius 2 is 2.55 bits per heavy atom. The highest BCUT2D eigenvalue weighted by Gasteiger charge is 2.17. The van der Waals surface area contributed by atoms with Crippen LogP contribution in [0.1, 0.15) is 19.8 Å². The quantitative estimate of drug-likeness (QED) is 0.664. The van der Waals surface area contributed by atoms with Crippen molar-refractivity contribution in [2.24, 2.45) is 0 Å². The van der Waals surface area contributed by atoms with Gasteiger partial charge in [0.2, 0.25) is 0 Å². The lowest BCUT2D eigenvalue weighted by atomic mass is 10.2. The summed E-state index contributed by atoms with van der Waals surface area (Å²) in [6, 6.07) is 0.968. The first kappa shape index (κ1) is 9.36. The van der Waals surface area contributed by atoms with Gasteiger partial charge in [0, 0.05) is 17.8 Å². The lowest BCUT2D eigenvalue weighted by molar-refractivity contribution is 0.230. The summed E-state index contributed by atoms with van der Waals surface area (Å²) in [5.41, 5.74) is 0. The van der Waals surface area contributed by atoms with Gasteiger partial charge in [-0.1, -0.05) is 6.92 Å². The molecular weight excluding hydrogens is 158 g/mol. The van der Waals surface area contributed by atoms with Gasteiger partial charge in [0.05, 0.1) is 6.61 Å². The average molecular weight is 175 g/mol. The third kappa shape index (κ3) is 3.01. The molecule has 3 heteroatoms. The number of hydrogen-bond donors (Lipinski definition) is 2. The van der Waals surface area contributed by atoms with Crippen LogP contribution in [0.15, 0.2) is 0 Å². The second kappa shape index (κ2) is 5.01. The fraction of sp³-hybridized carbons (Fsp3) is 1.00. The lowest BCUT2D eigenvalue weighted by Crippen LogP contribution is -2.40. The molecule has 2 nitrogen and oxygen atoms in total. The van der Waals surface area contributed by atoms with E-state index in [4.69, 9.17) is 5.11 Å². The number of nitrogens with one attached hydrogen (secondary N) is 1. The fourth-order valence-electron chi connectivity index (χ4n) is 1.30. The minimum absolute atomic E-state index is 0.275. The maximum absolute atomic E-state index is 8.92. The topological polar surface area (TPSA) is 32.3 Å². The predicted octanol–water partition coefficient (Wildman–Crippen LogP) is 0.852. The first-order valence-electron chi connectivity index (χ1n) is 4.31. The Morgan fingerprint density at radius 1 is 1.73 bits per heavy atom. The maximum Gasteiger partial charge on any atom is 0.0584 e. The summed E-state index contributed by atoms with van der Waals surface area (Å²) >= 11 is 2.00. The summed E-state index contributed by atoms with van der Waals surface area (Å²) < 4.78 is 0. The third-order valence-corrected chi connectivity index (χ3v) is 3.28. The second-order valence-corrected chi connectivity index (χ2v) is 4.16. The Morgan fingerprint density at radius 3 is 3.00 bits per heavy atom. The largest absolute Gasteiger partial charge is 0.395 e. The number of thioether (sulfide) groups is 1. The van der Waals surface area contributed by atoms with Crippen molar-refractivity contribution in [3.63, 3.8) is 0 Å². The van der Waals surface area contributed by atoms with Crippen molar-refractivity contribution in [2.45, 2.75) is 31.8 Å². The van der Waals surface area contributed by atoms with E-state index in [0.717, 1.165) is 6.42 Å². The smallest absolute Gasteiger partial charge is 0.0584 e. The van der Waals surface area contributed by atoms with E-state index in [2.05, 4.69) is 12.2 Å². The van der Waals surface area contributed by atoms with Crippen LogP contribution < -0.4 is 5.32 Å². The van der Waals surface area contributed by atoms with E-state index in [-0.39, 0.29) is 6.61 Å². The molecule has 2 N–H and O–H groups in total. The number of rotatable bonds is 4. The highest BCUT2D eigenvalue weighted by atomic mass is 32.2. The van der Waals surface area contributed by atoms with Crippen molar-refractivity contribution in [2.75, 3.05) is 18.1 Å². The first-order valence-corrected chi connectivity index (χ1v) is 5.47. The Kier molecular flexibility index (Phi) is 4.26. The fourth-order valence-corrected chi connectivity index (χ4v) is 2.46. The van der Waals surface area contributed by atoms with Crippen LogP contribution in [0.5, 0.6) is 0 Å². The summed E-state index contributed by atoms with van der Waals surface area (Å²) in [5, 5.41) is 12.4. The molecule has 11 heavy (non-hydrogen) atoms. The molecular formula is C8H17NOS. The van der Waals surface area contributed by atoms with E-state index in [1.54, 1.807) is 0 Å². The number of hydrogen-bond acceptors (Lipinski definition) is 3. The van der Waals surface area contributed by atoms with E-state index in [0.29, 0.717) is 12.1 Å². The van der Waals surface area contributed by atoms with E-state index >= 15 is 0 Å².